The van der Waals surface area contributed by atoms with Gasteiger partial charge in [0.15, 0.2) is 5.96 Å². The van der Waals surface area contributed by atoms with E-state index >= 15 is 0 Å². The van der Waals surface area contributed by atoms with Gasteiger partial charge in [-0.15, -0.1) is 0 Å². The highest BCUT2D eigenvalue weighted by Crippen LogP contribution is 2.15. The lowest BCUT2D eigenvalue weighted by atomic mass is 10.2. The van der Waals surface area contributed by atoms with E-state index in [9.17, 15) is 8.42 Å². The molecule has 0 saturated heterocycles. The molecule has 0 saturated carbocycles. The maximum absolute atomic E-state index is 12.1. The maximum Gasteiger partial charge on any atom is 0.240 e. The number of methoxy groups -OCH3 is 1. The van der Waals surface area contributed by atoms with Crippen LogP contribution in [0.25, 0.3) is 0 Å². The van der Waals surface area contributed by atoms with Gasteiger partial charge < -0.3 is 15.8 Å². The quantitative estimate of drug-likeness (QED) is 0.375. The Balaban J connectivity index is 1.88. The first kappa shape index (κ1) is 18.9. The molecule has 0 atom stereocenters. The van der Waals surface area contributed by atoms with Crippen LogP contribution in [0.5, 0.6) is 0 Å². The van der Waals surface area contributed by atoms with Crippen LogP contribution in [0.2, 0.25) is 0 Å². The number of ether oxygens (including phenoxy) is 1. The molecule has 2 rings (SSSR count). The van der Waals surface area contributed by atoms with Crippen LogP contribution in [0.15, 0.2) is 64.5 Å². The van der Waals surface area contributed by atoms with Gasteiger partial charge in [-0.2, -0.15) is 0 Å². The molecule has 0 bridgehead atoms. The third kappa shape index (κ3) is 5.86. The highest BCUT2D eigenvalue weighted by atomic mass is 32.2. The van der Waals surface area contributed by atoms with E-state index in [1.807, 2.05) is 24.3 Å². The number of para-hydroxylation sites is 1. The smallest absolute Gasteiger partial charge is 0.240 e. The normalized spacial score (nSPS) is 12.1. The number of aliphatic imine (C=N–C) groups is 1. The zero-order valence-corrected chi connectivity index (χ0v) is 14.8. The van der Waals surface area contributed by atoms with Crippen molar-refractivity contribution in [1.29, 1.82) is 0 Å². The molecule has 0 spiro atoms. The Kier molecular flexibility index (Phi) is 6.93. The Morgan fingerprint density at radius 2 is 1.80 bits per heavy atom. The van der Waals surface area contributed by atoms with Crippen LogP contribution in [-0.4, -0.2) is 34.6 Å². The summed E-state index contributed by atoms with van der Waals surface area (Å²) in [7, 11) is -1.91. The van der Waals surface area contributed by atoms with Crippen molar-refractivity contribution >= 4 is 21.7 Å². The predicted molar refractivity (Wildman–Crippen MR) is 98.9 cm³/mol. The fourth-order valence-electron chi connectivity index (χ4n) is 2.14. The summed E-state index contributed by atoms with van der Waals surface area (Å²) in [6.07, 6.45) is 0. The summed E-state index contributed by atoms with van der Waals surface area (Å²) in [5, 5.41) is 3.00. The first-order chi connectivity index (χ1) is 12.0. The van der Waals surface area contributed by atoms with Crippen LogP contribution in [0.4, 0.5) is 5.69 Å². The van der Waals surface area contributed by atoms with E-state index in [1.165, 1.54) is 12.1 Å². The fourth-order valence-corrected chi connectivity index (χ4v) is 3.18. The van der Waals surface area contributed by atoms with E-state index in [1.54, 1.807) is 25.3 Å². The maximum atomic E-state index is 12.1. The van der Waals surface area contributed by atoms with E-state index in [0.29, 0.717) is 6.61 Å². The molecule has 0 aliphatic carbocycles. The van der Waals surface area contributed by atoms with E-state index in [-0.39, 0.29) is 23.9 Å². The second-order valence-corrected chi connectivity index (χ2v) is 6.96. The lowest BCUT2D eigenvalue weighted by Gasteiger charge is -2.11. The fraction of sp³-hybridized carbons (Fsp3) is 0.235. The summed E-state index contributed by atoms with van der Waals surface area (Å²) >= 11 is 0. The van der Waals surface area contributed by atoms with Gasteiger partial charge in [0.25, 0.3) is 0 Å². The molecule has 4 N–H and O–H groups in total. The van der Waals surface area contributed by atoms with Crippen molar-refractivity contribution in [2.45, 2.75) is 11.5 Å². The third-order valence-electron chi connectivity index (χ3n) is 3.32. The Labute approximate surface area is 148 Å². The van der Waals surface area contributed by atoms with Gasteiger partial charge in [0.1, 0.15) is 0 Å². The number of benzene rings is 2. The molecule has 2 aromatic carbocycles. The second-order valence-electron chi connectivity index (χ2n) is 5.19. The molecule has 8 heteroatoms. The van der Waals surface area contributed by atoms with Crippen LogP contribution in [0.3, 0.4) is 0 Å². The summed E-state index contributed by atoms with van der Waals surface area (Å²) in [6.45, 7) is 0.823. The zero-order chi connectivity index (χ0) is 18.1. The predicted octanol–water partition coefficient (Wildman–Crippen LogP) is 1.54. The van der Waals surface area contributed by atoms with Gasteiger partial charge in [-0.1, -0.05) is 36.4 Å². The number of nitrogens with one attached hydrogen (secondary N) is 2. The molecule has 0 unspecified atom stereocenters. The summed E-state index contributed by atoms with van der Waals surface area (Å²) in [6, 6.07) is 15.8. The van der Waals surface area contributed by atoms with Gasteiger partial charge >= 0.3 is 0 Å². The van der Waals surface area contributed by atoms with E-state index in [4.69, 9.17) is 10.5 Å². The van der Waals surface area contributed by atoms with Crippen molar-refractivity contribution < 1.29 is 13.2 Å². The number of rotatable bonds is 8. The Morgan fingerprint density at radius 1 is 1.12 bits per heavy atom. The van der Waals surface area contributed by atoms with Crippen LogP contribution in [0, 0.1) is 0 Å². The number of nitrogens with two attached hydrogens (primary N) is 1. The average molecular weight is 362 g/mol. The first-order valence-corrected chi connectivity index (χ1v) is 9.20. The molecule has 0 aliphatic heterocycles. The molecule has 2 aromatic rings. The van der Waals surface area contributed by atoms with Gasteiger partial charge in [0.05, 0.1) is 18.0 Å². The largest absolute Gasteiger partial charge is 0.380 e. The van der Waals surface area contributed by atoms with Gasteiger partial charge in [-0.3, -0.25) is 4.99 Å². The minimum Gasteiger partial charge on any atom is -0.380 e. The number of anilines is 1. The molecule has 134 valence electrons. The van der Waals surface area contributed by atoms with Crippen molar-refractivity contribution in [2.75, 3.05) is 25.5 Å². The van der Waals surface area contributed by atoms with Crippen LogP contribution < -0.4 is 15.8 Å². The number of sulfonamides is 1. The molecule has 0 radical (unpaired) electrons. The van der Waals surface area contributed by atoms with Crippen molar-refractivity contribution in [2.24, 2.45) is 10.7 Å². The monoisotopic (exact) mass is 362 g/mol. The minimum absolute atomic E-state index is 0.152. The standard InChI is InChI=1S/C17H22N4O3S/c1-24-13-14-7-5-6-10-16(14)21-17(18)19-11-12-20-25(22,23)15-8-3-2-4-9-15/h2-10,20H,11-13H2,1H3,(H3,18,19,21). The summed E-state index contributed by atoms with van der Waals surface area (Å²) in [4.78, 5) is 4.35. The highest BCUT2D eigenvalue weighted by molar-refractivity contribution is 7.89. The number of hydrogen-bond acceptors (Lipinski definition) is 4. The lowest BCUT2D eigenvalue weighted by Crippen LogP contribution is -2.28. The Bertz CT molecular complexity index is 808. The Morgan fingerprint density at radius 3 is 2.52 bits per heavy atom. The molecule has 7 nitrogen and oxygen atoms in total. The van der Waals surface area contributed by atoms with Crippen LogP contribution in [-0.2, 0) is 21.4 Å². The van der Waals surface area contributed by atoms with Gasteiger partial charge in [0.2, 0.25) is 10.0 Å². The third-order valence-corrected chi connectivity index (χ3v) is 4.80. The molecule has 25 heavy (non-hydrogen) atoms. The Hall–Kier alpha value is -2.42. The van der Waals surface area contributed by atoms with Crippen LogP contribution >= 0.6 is 0 Å². The molecule has 0 aliphatic rings. The van der Waals surface area contributed by atoms with Crippen LogP contribution in [0.1, 0.15) is 5.56 Å². The molecule has 0 fully saturated rings. The van der Waals surface area contributed by atoms with Crippen molar-refractivity contribution in [3.05, 3.63) is 60.2 Å². The summed E-state index contributed by atoms with van der Waals surface area (Å²) in [5.41, 5.74) is 7.61. The number of hydrogen-bond donors (Lipinski definition) is 3. The summed E-state index contributed by atoms with van der Waals surface area (Å²) < 4.78 is 31.7. The second kappa shape index (κ2) is 9.16. The first-order valence-electron chi connectivity index (χ1n) is 7.71. The molecule has 0 amide bonds. The topological polar surface area (TPSA) is 106 Å². The van der Waals surface area contributed by atoms with E-state index in [0.717, 1.165) is 11.3 Å². The average Bonchev–Trinajstić information content (AvgIpc) is 2.61. The van der Waals surface area contributed by atoms with Gasteiger partial charge in [-0.05, 0) is 18.2 Å². The molecule has 0 aromatic heterocycles. The highest BCUT2D eigenvalue weighted by Gasteiger charge is 2.11. The van der Waals surface area contributed by atoms with E-state index in [2.05, 4.69) is 15.0 Å². The lowest BCUT2D eigenvalue weighted by molar-refractivity contribution is 0.185. The number of guanidine groups is 1. The molecule has 0 heterocycles. The van der Waals surface area contributed by atoms with E-state index < -0.39 is 10.0 Å². The van der Waals surface area contributed by atoms with Crippen molar-refractivity contribution in [3.63, 3.8) is 0 Å². The number of nitrogens with zero attached hydrogens (tertiary/aromatic N) is 1. The molecular weight excluding hydrogens is 340 g/mol. The van der Waals surface area contributed by atoms with Crippen molar-refractivity contribution in [3.8, 4) is 0 Å². The SMILES string of the molecule is COCc1ccccc1NC(N)=NCCNS(=O)(=O)c1ccccc1. The summed E-state index contributed by atoms with van der Waals surface area (Å²) in [5.74, 6) is 0.211. The van der Waals surface area contributed by atoms with Gasteiger partial charge in [0, 0.05) is 24.9 Å². The minimum atomic E-state index is -3.53. The zero-order valence-electron chi connectivity index (χ0n) is 14.0. The van der Waals surface area contributed by atoms with Crippen molar-refractivity contribution in [1.82, 2.24) is 4.72 Å². The molecular formula is C17H22N4O3S. The van der Waals surface area contributed by atoms with Gasteiger partial charge in [-0.25, -0.2) is 13.1 Å².